The van der Waals surface area contributed by atoms with Crippen LogP contribution in [0, 0.1) is 0 Å². The highest BCUT2D eigenvalue weighted by atomic mass is 16.5. The smallest absolute Gasteiger partial charge is 0.339 e. The zero-order chi connectivity index (χ0) is 23.3. The fraction of sp³-hybridized carbons (Fsp3) is 0.154. The number of carbonyl (C=O) groups is 1. The van der Waals surface area contributed by atoms with Crippen molar-refractivity contribution >= 4 is 17.9 Å². The molecule has 2 N–H and O–H groups in total. The molecule has 0 atom stereocenters. The Morgan fingerprint density at radius 2 is 1.67 bits per heavy atom. The topological polar surface area (TPSA) is 81.2 Å². The fourth-order valence-electron chi connectivity index (χ4n) is 3.00. The molecule has 0 aliphatic heterocycles. The fourth-order valence-corrected chi connectivity index (χ4v) is 3.00. The number of anilines is 1. The largest absolute Gasteiger partial charge is 0.493 e. The molecule has 0 aliphatic rings. The van der Waals surface area contributed by atoms with Gasteiger partial charge in [0.15, 0.2) is 11.5 Å². The highest BCUT2D eigenvalue weighted by Crippen LogP contribution is 2.27. The summed E-state index contributed by atoms with van der Waals surface area (Å²) in [5.74, 6) is 1.97. The summed E-state index contributed by atoms with van der Waals surface area (Å²) in [6, 6.07) is 21.9. The van der Waals surface area contributed by atoms with Crippen LogP contribution >= 0.6 is 0 Å². The SMILES string of the molecule is C=CCc1ccccc1OCCOc1ccc(/C=N/NC(=O)Nc2ccccc2)cc1OC. The van der Waals surface area contributed by atoms with Crippen LogP contribution in [0.25, 0.3) is 0 Å². The number of hydrogen-bond donors (Lipinski definition) is 2. The number of ether oxygens (including phenoxy) is 3. The summed E-state index contributed by atoms with van der Waals surface area (Å²) in [6.45, 7) is 4.52. The molecule has 7 heteroatoms. The molecule has 0 heterocycles. The average molecular weight is 446 g/mol. The van der Waals surface area contributed by atoms with E-state index in [0.29, 0.717) is 30.4 Å². The van der Waals surface area contributed by atoms with Gasteiger partial charge in [0.1, 0.15) is 19.0 Å². The van der Waals surface area contributed by atoms with E-state index in [1.807, 2.05) is 54.6 Å². The number of urea groups is 1. The molecule has 0 aliphatic carbocycles. The molecule has 3 aromatic carbocycles. The van der Waals surface area contributed by atoms with Gasteiger partial charge in [-0.15, -0.1) is 6.58 Å². The number of benzene rings is 3. The van der Waals surface area contributed by atoms with E-state index in [4.69, 9.17) is 14.2 Å². The lowest BCUT2D eigenvalue weighted by Crippen LogP contribution is -2.24. The normalized spacial score (nSPS) is 10.5. The Balaban J connectivity index is 1.49. The second-order valence-corrected chi connectivity index (χ2v) is 6.90. The third-order valence-corrected chi connectivity index (χ3v) is 4.53. The minimum Gasteiger partial charge on any atom is -0.493 e. The van der Waals surface area contributed by atoms with E-state index in [1.54, 1.807) is 31.4 Å². The van der Waals surface area contributed by atoms with Crippen LogP contribution in [-0.4, -0.2) is 32.6 Å². The Kier molecular flexibility index (Phi) is 8.91. The number of nitrogens with zero attached hydrogens (tertiary/aromatic N) is 1. The molecule has 7 nitrogen and oxygen atoms in total. The van der Waals surface area contributed by atoms with E-state index >= 15 is 0 Å². The molecule has 2 amide bonds. The zero-order valence-corrected chi connectivity index (χ0v) is 18.5. The van der Waals surface area contributed by atoms with E-state index in [2.05, 4.69) is 22.4 Å². The first kappa shape index (κ1) is 23.4. The summed E-state index contributed by atoms with van der Waals surface area (Å²) in [6.07, 6.45) is 4.12. The van der Waals surface area contributed by atoms with Crippen LogP contribution in [0.3, 0.4) is 0 Å². The van der Waals surface area contributed by atoms with Crippen LogP contribution in [0.15, 0.2) is 90.6 Å². The van der Waals surface area contributed by atoms with Gasteiger partial charge in [-0.3, -0.25) is 0 Å². The van der Waals surface area contributed by atoms with E-state index in [-0.39, 0.29) is 0 Å². The van der Waals surface area contributed by atoms with Gasteiger partial charge < -0.3 is 19.5 Å². The van der Waals surface area contributed by atoms with Crippen LogP contribution in [0.5, 0.6) is 17.2 Å². The molecule has 0 aromatic heterocycles. The summed E-state index contributed by atoms with van der Waals surface area (Å²) < 4.78 is 17.1. The van der Waals surface area contributed by atoms with Gasteiger partial charge >= 0.3 is 6.03 Å². The number of allylic oxidation sites excluding steroid dienone is 1. The predicted octanol–water partition coefficient (Wildman–Crippen LogP) is 5.04. The lowest BCUT2D eigenvalue weighted by Gasteiger charge is -2.13. The van der Waals surface area contributed by atoms with Gasteiger partial charge in [-0.1, -0.05) is 42.5 Å². The molecule has 0 saturated carbocycles. The van der Waals surface area contributed by atoms with Gasteiger partial charge in [-0.2, -0.15) is 5.10 Å². The molecule has 0 fully saturated rings. The lowest BCUT2D eigenvalue weighted by atomic mass is 10.1. The third kappa shape index (κ3) is 7.43. The minimum atomic E-state index is -0.431. The standard InChI is InChI=1S/C26H27N3O4/c1-3-9-21-10-7-8-13-23(21)32-16-17-33-24-15-14-20(18-25(24)31-2)19-27-29-26(30)28-22-11-5-4-6-12-22/h3-8,10-15,18-19H,1,9,16-17H2,2H3,(H2,28,29,30)/b27-19+. The van der Waals surface area contributed by atoms with Gasteiger partial charge in [0.2, 0.25) is 0 Å². The summed E-state index contributed by atoms with van der Waals surface area (Å²) >= 11 is 0. The van der Waals surface area contributed by atoms with E-state index < -0.39 is 6.03 Å². The van der Waals surface area contributed by atoms with Gasteiger partial charge in [-0.05, 0) is 53.9 Å². The molecular weight excluding hydrogens is 418 g/mol. The molecule has 0 spiro atoms. The molecule has 0 bridgehead atoms. The molecule has 0 radical (unpaired) electrons. The van der Waals surface area contributed by atoms with Crippen LogP contribution < -0.4 is 25.0 Å². The summed E-state index contributed by atoms with van der Waals surface area (Å²) in [5, 5.41) is 6.65. The summed E-state index contributed by atoms with van der Waals surface area (Å²) in [7, 11) is 1.57. The number of methoxy groups -OCH3 is 1. The van der Waals surface area contributed by atoms with Crippen LogP contribution in [0.2, 0.25) is 0 Å². The Morgan fingerprint density at radius 1 is 0.939 bits per heavy atom. The molecule has 3 aromatic rings. The van der Waals surface area contributed by atoms with E-state index in [1.165, 1.54) is 6.21 Å². The molecule has 33 heavy (non-hydrogen) atoms. The van der Waals surface area contributed by atoms with Gasteiger partial charge in [0, 0.05) is 5.69 Å². The van der Waals surface area contributed by atoms with Crippen molar-refractivity contribution < 1.29 is 19.0 Å². The first-order valence-electron chi connectivity index (χ1n) is 10.5. The van der Waals surface area contributed by atoms with Gasteiger partial charge in [0.25, 0.3) is 0 Å². The molecule has 3 rings (SSSR count). The highest BCUT2D eigenvalue weighted by Gasteiger charge is 2.07. The maximum Gasteiger partial charge on any atom is 0.339 e. The minimum absolute atomic E-state index is 0.355. The van der Waals surface area contributed by atoms with Gasteiger partial charge in [0.05, 0.1) is 13.3 Å². The second-order valence-electron chi connectivity index (χ2n) is 6.90. The second kappa shape index (κ2) is 12.6. The molecule has 170 valence electrons. The number of para-hydroxylation sites is 2. The van der Waals surface area contributed by atoms with Crippen LogP contribution in [0.4, 0.5) is 10.5 Å². The molecule has 0 saturated heterocycles. The van der Waals surface area contributed by atoms with E-state index in [0.717, 1.165) is 23.3 Å². The summed E-state index contributed by atoms with van der Waals surface area (Å²) in [4.78, 5) is 11.9. The number of rotatable bonds is 11. The van der Waals surface area contributed by atoms with Crippen molar-refractivity contribution in [3.63, 3.8) is 0 Å². The number of nitrogens with one attached hydrogen (secondary N) is 2. The number of hydrazone groups is 1. The third-order valence-electron chi connectivity index (χ3n) is 4.53. The maximum absolute atomic E-state index is 11.9. The van der Waals surface area contributed by atoms with Crippen LogP contribution in [0.1, 0.15) is 11.1 Å². The van der Waals surface area contributed by atoms with Crippen LogP contribution in [-0.2, 0) is 6.42 Å². The van der Waals surface area contributed by atoms with Crippen molar-refractivity contribution in [1.29, 1.82) is 0 Å². The maximum atomic E-state index is 11.9. The van der Waals surface area contributed by atoms with Crippen molar-refractivity contribution in [1.82, 2.24) is 5.43 Å². The summed E-state index contributed by atoms with van der Waals surface area (Å²) in [5.41, 5.74) is 4.94. The Bertz CT molecular complexity index is 1080. The lowest BCUT2D eigenvalue weighted by molar-refractivity contribution is 0.210. The van der Waals surface area contributed by atoms with E-state index in [9.17, 15) is 4.79 Å². The average Bonchev–Trinajstić information content (AvgIpc) is 2.84. The van der Waals surface area contributed by atoms with Crippen molar-refractivity contribution in [2.24, 2.45) is 5.10 Å². The number of amides is 2. The van der Waals surface area contributed by atoms with Crippen molar-refractivity contribution in [3.05, 3.63) is 96.6 Å². The Morgan fingerprint density at radius 3 is 2.42 bits per heavy atom. The van der Waals surface area contributed by atoms with Crippen molar-refractivity contribution in [2.45, 2.75) is 6.42 Å². The van der Waals surface area contributed by atoms with Crippen molar-refractivity contribution in [3.8, 4) is 17.2 Å². The van der Waals surface area contributed by atoms with Crippen molar-refractivity contribution in [2.75, 3.05) is 25.6 Å². The Labute approximate surface area is 193 Å². The Hall–Kier alpha value is -4.26. The predicted molar refractivity (Wildman–Crippen MR) is 131 cm³/mol. The highest BCUT2D eigenvalue weighted by molar-refractivity contribution is 5.90. The first-order chi connectivity index (χ1) is 16.2. The number of hydrogen-bond acceptors (Lipinski definition) is 5. The first-order valence-corrected chi connectivity index (χ1v) is 10.5. The molecular formula is C26H27N3O4. The zero-order valence-electron chi connectivity index (χ0n) is 18.5. The monoisotopic (exact) mass is 445 g/mol. The number of carbonyl (C=O) groups excluding carboxylic acids is 1. The molecule has 0 unspecified atom stereocenters. The quantitative estimate of drug-likeness (QED) is 0.188. The van der Waals surface area contributed by atoms with Gasteiger partial charge in [-0.25, -0.2) is 10.2 Å².